The fourth-order valence-corrected chi connectivity index (χ4v) is 10.7. The van der Waals surface area contributed by atoms with Gasteiger partial charge in [-0.2, -0.15) is 0 Å². The van der Waals surface area contributed by atoms with E-state index < -0.39 is 8.07 Å². The molecule has 3 nitrogen and oxygen atoms in total. The maximum Gasteiger partial charge on any atom is 0.253 e. The average molecular weight is 760 g/mol. The van der Waals surface area contributed by atoms with E-state index in [4.69, 9.17) is 0 Å². The third-order valence-corrected chi connectivity index (χ3v) is 14.1. The highest BCUT2D eigenvalue weighted by Crippen LogP contribution is 2.48. The Hall–Kier alpha value is -6.82. The second kappa shape index (κ2) is 13.4. The van der Waals surface area contributed by atoms with Crippen molar-refractivity contribution in [3.63, 3.8) is 0 Å². The zero-order valence-electron chi connectivity index (χ0n) is 33.0. The molecule has 9 aromatic rings. The Kier molecular flexibility index (Phi) is 7.95. The summed E-state index contributed by atoms with van der Waals surface area (Å²) in [5.41, 5.74) is 14.7. The lowest BCUT2D eigenvalue weighted by Crippen LogP contribution is -2.62. The molecule has 0 spiro atoms. The van der Waals surface area contributed by atoms with Crippen LogP contribution in [-0.4, -0.2) is 14.8 Å². The van der Waals surface area contributed by atoms with Gasteiger partial charge in [-0.05, 0) is 105 Å². The van der Waals surface area contributed by atoms with E-state index in [-0.39, 0.29) is 6.71 Å². The summed E-state index contributed by atoms with van der Waals surface area (Å²) in [6.45, 7) is 7.40. The van der Waals surface area contributed by atoms with E-state index in [1.807, 2.05) is 0 Å². The number of hydrogen-bond acceptors (Lipinski definition) is 3. The molecule has 58 heavy (non-hydrogen) atoms. The van der Waals surface area contributed by atoms with E-state index >= 15 is 0 Å². The smallest absolute Gasteiger partial charge is 0.253 e. The SMILES string of the molecule is C[Si](C)(C)c1cc2c3c(c1)N(c1ccccc1)c1cc(N(c4ccccc4)c4ccccc4)c4ccccc4c1B3c1c(ccc3ccccc13)N2c1ccccc1. The van der Waals surface area contributed by atoms with Gasteiger partial charge in [0.1, 0.15) is 0 Å². The number of nitrogens with zero attached hydrogens (tertiary/aromatic N) is 3. The Labute approximate surface area is 342 Å². The van der Waals surface area contributed by atoms with Crippen molar-refractivity contribution in [3.8, 4) is 0 Å². The molecule has 0 unspecified atom stereocenters. The maximum absolute atomic E-state index is 2.58. The molecule has 5 heteroatoms. The lowest BCUT2D eigenvalue weighted by Gasteiger charge is -2.46. The molecule has 0 saturated carbocycles. The van der Waals surface area contributed by atoms with Crippen LogP contribution in [0.1, 0.15) is 0 Å². The fourth-order valence-electron chi connectivity index (χ4n) is 9.53. The Balaban J connectivity index is 1.33. The van der Waals surface area contributed by atoms with E-state index in [0.29, 0.717) is 0 Å². The van der Waals surface area contributed by atoms with Gasteiger partial charge in [-0.25, -0.2) is 0 Å². The van der Waals surface area contributed by atoms with Gasteiger partial charge >= 0.3 is 0 Å². The molecule has 0 saturated heterocycles. The van der Waals surface area contributed by atoms with Gasteiger partial charge in [0, 0.05) is 50.9 Å². The van der Waals surface area contributed by atoms with Gasteiger partial charge in [0.15, 0.2) is 0 Å². The van der Waals surface area contributed by atoms with Crippen molar-refractivity contribution in [2.45, 2.75) is 19.6 Å². The molecule has 0 atom stereocenters. The summed E-state index contributed by atoms with van der Waals surface area (Å²) in [5.74, 6) is 0. The molecule has 0 aromatic heterocycles. The van der Waals surface area contributed by atoms with Crippen LogP contribution in [0.4, 0.5) is 51.2 Å². The summed E-state index contributed by atoms with van der Waals surface area (Å²) >= 11 is 0. The van der Waals surface area contributed by atoms with Crippen LogP contribution in [0, 0.1) is 0 Å². The van der Waals surface area contributed by atoms with Crippen molar-refractivity contribution in [2.24, 2.45) is 0 Å². The monoisotopic (exact) mass is 759 g/mol. The van der Waals surface area contributed by atoms with Crippen molar-refractivity contribution in [3.05, 3.63) is 200 Å². The lowest BCUT2D eigenvalue weighted by atomic mass is 9.32. The zero-order valence-corrected chi connectivity index (χ0v) is 34.0. The Morgan fingerprint density at radius 3 is 1.41 bits per heavy atom. The maximum atomic E-state index is 2.58. The van der Waals surface area contributed by atoms with Crippen LogP contribution in [-0.2, 0) is 0 Å². The normalized spacial score (nSPS) is 13.0. The van der Waals surface area contributed by atoms with E-state index in [9.17, 15) is 0 Å². The van der Waals surface area contributed by atoms with Gasteiger partial charge in [0.25, 0.3) is 6.71 Å². The number of hydrogen-bond donors (Lipinski definition) is 0. The van der Waals surface area contributed by atoms with Gasteiger partial charge < -0.3 is 14.7 Å². The molecule has 0 bridgehead atoms. The van der Waals surface area contributed by atoms with Crippen molar-refractivity contribution < 1.29 is 0 Å². The minimum absolute atomic E-state index is 0.0300. The first-order chi connectivity index (χ1) is 28.5. The van der Waals surface area contributed by atoms with Crippen LogP contribution in [0.5, 0.6) is 0 Å². The molecule has 0 amide bonds. The first-order valence-electron chi connectivity index (χ1n) is 20.3. The number of fused-ring (bicyclic) bond motifs is 8. The molecule has 0 N–H and O–H groups in total. The molecule has 9 aromatic carbocycles. The second-order valence-corrected chi connectivity index (χ2v) is 21.6. The average Bonchev–Trinajstić information content (AvgIpc) is 3.27. The van der Waals surface area contributed by atoms with Crippen LogP contribution in [0.2, 0.25) is 19.6 Å². The molecule has 2 aliphatic heterocycles. The topological polar surface area (TPSA) is 9.72 Å². The molecule has 0 radical (unpaired) electrons. The highest BCUT2D eigenvalue weighted by Gasteiger charge is 2.46. The highest BCUT2D eigenvalue weighted by atomic mass is 28.3. The van der Waals surface area contributed by atoms with Crippen molar-refractivity contribution >= 4 is 109 Å². The molecular weight excluding hydrogens is 718 g/mol. The van der Waals surface area contributed by atoms with Crippen molar-refractivity contribution in [1.29, 1.82) is 0 Å². The van der Waals surface area contributed by atoms with Crippen LogP contribution >= 0.6 is 0 Å². The molecule has 2 heterocycles. The summed E-state index contributed by atoms with van der Waals surface area (Å²) < 4.78 is 0. The van der Waals surface area contributed by atoms with E-state index in [1.54, 1.807) is 0 Å². The van der Waals surface area contributed by atoms with E-state index in [2.05, 4.69) is 235 Å². The largest absolute Gasteiger partial charge is 0.311 e. The third kappa shape index (κ3) is 5.34. The second-order valence-electron chi connectivity index (χ2n) is 16.6. The van der Waals surface area contributed by atoms with E-state index in [1.165, 1.54) is 71.6 Å². The summed E-state index contributed by atoms with van der Waals surface area (Å²) in [6.07, 6.45) is 0. The lowest BCUT2D eigenvalue weighted by molar-refractivity contribution is 1.25. The molecule has 2 aliphatic rings. The summed E-state index contributed by atoms with van der Waals surface area (Å²) in [4.78, 5) is 7.57. The minimum atomic E-state index is -1.85. The van der Waals surface area contributed by atoms with Gasteiger partial charge in [0.2, 0.25) is 0 Å². The molecule has 0 fully saturated rings. The highest BCUT2D eigenvalue weighted by molar-refractivity contribution is 7.03. The fraction of sp³-hybridized carbons (Fsp3) is 0.0566. The number of rotatable bonds is 6. The zero-order chi connectivity index (χ0) is 39.0. The van der Waals surface area contributed by atoms with Crippen LogP contribution in [0.15, 0.2) is 200 Å². The molecule has 276 valence electrons. The van der Waals surface area contributed by atoms with Crippen molar-refractivity contribution in [2.75, 3.05) is 14.7 Å². The van der Waals surface area contributed by atoms with Crippen LogP contribution in [0.25, 0.3) is 21.5 Å². The van der Waals surface area contributed by atoms with Gasteiger partial charge in [0.05, 0.1) is 13.8 Å². The Morgan fingerprint density at radius 2 is 0.845 bits per heavy atom. The van der Waals surface area contributed by atoms with Crippen LogP contribution < -0.4 is 36.3 Å². The van der Waals surface area contributed by atoms with Crippen LogP contribution in [0.3, 0.4) is 0 Å². The molecule has 11 rings (SSSR count). The van der Waals surface area contributed by atoms with Crippen molar-refractivity contribution in [1.82, 2.24) is 0 Å². The predicted octanol–water partition coefficient (Wildman–Crippen LogP) is 12.1. The van der Waals surface area contributed by atoms with Gasteiger partial charge in [-0.3, -0.25) is 0 Å². The number of anilines is 9. The Morgan fingerprint density at radius 1 is 0.397 bits per heavy atom. The summed E-state index contributed by atoms with van der Waals surface area (Å²) in [6, 6.07) is 74.0. The number of benzene rings is 9. The van der Waals surface area contributed by atoms with E-state index in [0.717, 1.165) is 22.7 Å². The first kappa shape index (κ1) is 34.4. The summed E-state index contributed by atoms with van der Waals surface area (Å²) in [5, 5.41) is 6.46. The molecule has 0 aliphatic carbocycles. The quantitative estimate of drug-likeness (QED) is 0.156. The van der Waals surface area contributed by atoms with Gasteiger partial charge in [-0.15, -0.1) is 0 Å². The third-order valence-electron chi connectivity index (χ3n) is 12.1. The minimum Gasteiger partial charge on any atom is -0.311 e. The molecular formula is C53H42BN3Si. The first-order valence-corrected chi connectivity index (χ1v) is 23.8. The number of para-hydroxylation sites is 4. The van der Waals surface area contributed by atoms with Gasteiger partial charge in [-0.1, -0.05) is 152 Å². The summed E-state index contributed by atoms with van der Waals surface area (Å²) in [7, 11) is -1.85. The standard InChI is InChI=1S/C53H42BN3Si/c1-58(2,3)42-34-48-53-49(35-42)57(41-27-14-7-15-28-41)50-36-47(55(38-21-8-4-9-22-38)39-23-10-5-11-24-39)44-30-18-19-31-45(44)52(50)54(53)51-43-29-17-16-20-37(43)32-33-46(51)56(48)40-25-12-6-13-26-40/h4-36H,1-3H3. The predicted molar refractivity (Wildman–Crippen MR) is 253 cm³/mol. The Bertz CT molecular complexity index is 2960.